The van der Waals surface area contributed by atoms with Gasteiger partial charge in [0.05, 0.1) is 22.8 Å². The molecule has 0 unspecified atom stereocenters. The molecule has 0 amide bonds. The van der Waals surface area contributed by atoms with Gasteiger partial charge in [0.25, 0.3) is 0 Å². The monoisotopic (exact) mass is 286 g/mol. The van der Waals surface area contributed by atoms with Gasteiger partial charge < -0.3 is 0 Å². The molecule has 0 saturated carbocycles. The van der Waals surface area contributed by atoms with Gasteiger partial charge in [-0.3, -0.25) is 0 Å². The van der Waals surface area contributed by atoms with Crippen LogP contribution in [0, 0.1) is 13.8 Å². The largest absolute Gasteiger partial charge is 0.249 e. The van der Waals surface area contributed by atoms with Crippen molar-refractivity contribution in [1.82, 2.24) is 0 Å². The number of nitrogens with zero attached hydrogens (tertiary/aromatic N) is 2. The van der Waals surface area contributed by atoms with E-state index in [1.165, 1.54) is 11.1 Å². The van der Waals surface area contributed by atoms with E-state index in [2.05, 4.69) is 48.1 Å². The number of allylic oxidation sites excluding steroid dienone is 4. The molecule has 3 rings (SSSR count). The van der Waals surface area contributed by atoms with Crippen molar-refractivity contribution in [2.24, 2.45) is 9.98 Å². The van der Waals surface area contributed by atoms with Gasteiger partial charge in [0.2, 0.25) is 0 Å². The first-order valence-corrected chi connectivity index (χ1v) is 7.36. The van der Waals surface area contributed by atoms with Gasteiger partial charge in [-0.25, -0.2) is 9.98 Å². The zero-order valence-corrected chi connectivity index (χ0v) is 12.8. The number of aryl methyl sites for hydroxylation is 2. The fraction of sp³-hybridized carbons (Fsp3) is 0.100. The number of benzene rings is 2. The van der Waals surface area contributed by atoms with Crippen molar-refractivity contribution in [3.8, 4) is 0 Å². The van der Waals surface area contributed by atoms with E-state index in [1.54, 1.807) is 0 Å². The first-order valence-electron chi connectivity index (χ1n) is 7.36. The minimum absolute atomic E-state index is 0.937. The molecule has 2 nitrogen and oxygen atoms in total. The Labute approximate surface area is 131 Å². The maximum Gasteiger partial charge on any atom is 0.0638 e. The van der Waals surface area contributed by atoms with Gasteiger partial charge in [-0.2, -0.15) is 0 Å². The topological polar surface area (TPSA) is 24.7 Å². The molecule has 0 bridgehead atoms. The van der Waals surface area contributed by atoms with Gasteiger partial charge in [0.15, 0.2) is 0 Å². The molecule has 22 heavy (non-hydrogen) atoms. The third-order valence-corrected chi connectivity index (χ3v) is 3.43. The first kappa shape index (κ1) is 14.2. The fourth-order valence-electron chi connectivity index (χ4n) is 2.14. The SMILES string of the molecule is Cc1ccc(N=C2C=CC(=Nc3ccc(C)cc3)C=C2)cc1. The van der Waals surface area contributed by atoms with Gasteiger partial charge in [-0.15, -0.1) is 0 Å². The molecule has 0 aromatic heterocycles. The summed E-state index contributed by atoms with van der Waals surface area (Å²) in [6.45, 7) is 4.15. The molecule has 1 aliphatic rings. The molecule has 2 aromatic carbocycles. The normalized spacial score (nSPS) is 13.4. The number of rotatable bonds is 2. The fourth-order valence-corrected chi connectivity index (χ4v) is 2.14. The van der Waals surface area contributed by atoms with E-state index in [1.807, 2.05) is 48.6 Å². The van der Waals surface area contributed by atoms with Crippen LogP contribution in [0.25, 0.3) is 0 Å². The van der Waals surface area contributed by atoms with Crippen LogP contribution in [0.5, 0.6) is 0 Å². The van der Waals surface area contributed by atoms with Crippen molar-refractivity contribution in [3.05, 3.63) is 84.0 Å². The van der Waals surface area contributed by atoms with Gasteiger partial charge in [-0.1, -0.05) is 35.4 Å². The van der Waals surface area contributed by atoms with Crippen LogP contribution in [0.15, 0.2) is 82.8 Å². The van der Waals surface area contributed by atoms with Crippen LogP contribution < -0.4 is 0 Å². The Bertz CT molecular complexity index is 688. The number of hydrogen-bond donors (Lipinski definition) is 0. The summed E-state index contributed by atoms with van der Waals surface area (Å²) < 4.78 is 0. The summed E-state index contributed by atoms with van der Waals surface area (Å²) in [5.74, 6) is 0. The van der Waals surface area contributed by atoms with Crippen LogP contribution in [0.1, 0.15) is 11.1 Å². The Morgan fingerprint density at radius 2 is 0.818 bits per heavy atom. The molecule has 108 valence electrons. The lowest BCUT2D eigenvalue weighted by molar-refractivity contribution is 1.43. The quantitative estimate of drug-likeness (QED) is 0.671. The van der Waals surface area contributed by atoms with E-state index in [0.717, 1.165) is 22.8 Å². The summed E-state index contributed by atoms with van der Waals surface area (Å²) in [5, 5.41) is 0. The van der Waals surface area contributed by atoms with Crippen molar-refractivity contribution in [2.75, 3.05) is 0 Å². The molecule has 0 aliphatic heterocycles. The average molecular weight is 286 g/mol. The van der Waals surface area contributed by atoms with Gasteiger partial charge in [0, 0.05) is 0 Å². The lowest BCUT2D eigenvalue weighted by atomic mass is 10.1. The molecular weight excluding hydrogens is 268 g/mol. The van der Waals surface area contributed by atoms with Crippen LogP contribution in [0.3, 0.4) is 0 Å². The summed E-state index contributed by atoms with van der Waals surface area (Å²) >= 11 is 0. The average Bonchev–Trinajstić information content (AvgIpc) is 2.54. The standard InChI is InChI=1S/C20H18N2/c1-15-3-7-17(8-4-15)21-19-11-13-20(14-12-19)22-18-9-5-16(2)6-10-18/h3-14H,1-2H3. The Morgan fingerprint density at radius 1 is 0.500 bits per heavy atom. The van der Waals surface area contributed by atoms with E-state index in [-0.39, 0.29) is 0 Å². The van der Waals surface area contributed by atoms with Crippen LogP contribution >= 0.6 is 0 Å². The summed E-state index contributed by atoms with van der Waals surface area (Å²) in [6.07, 6.45) is 7.97. The van der Waals surface area contributed by atoms with E-state index in [9.17, 15) is 0 Å². The zero-order valence-electron chi connectivity index (χ0n) is 12.8. The second-order valence-corrected chi connectivity index (χ2v) is 5.41. The third kappa shape index (κ3) is 3.67. The second kappa shape index (κ2) is 6.35. The molecule has 0 saturated heterocycles. The Balaban J connectivity index is 1.76. The highest BCUT2D eigenvalue weighted by Crippen LogP contribution is 2.16. The predicted octanol–water partition coefficient (Wildman–Crippen LogP) is 5.27. The van der Waals surface area contributed by atoms with Crippen LogP contribution in [0.4, 0.5) is 11.4 Å². The molecule has 0 fully saturated rings. The minimum Gasteiger partial charge on any atom is -0.249 e. The Hall–Kier alpha value is -2.74. The van der Waals surface area contributed by atoms with E-state index < -0.39 is 0 Å². The minimum atomic E-state index is 0.937. The van der Waals surface area contributed by atoms with Crippen molar-refractivity contribution < 1.29 is 0 Å². The third-order valence-electron chi connectivity index (χ3n) is 3.43. The summed E-state index contributed by atoms with van der Waals surface area (Å²) in [6, 6.07) is 16.4. The lowest BCUT2D eigenvalue weighted by Gasteiger charge is -2.03. The van der Waals surface area contributed by atoms with Gasteiger partial charge in [-0.05, 0) is 62.4 Å². The molecule has 0 radical (unpaired) electrons. The van der Waals surface area contributed by atoms with E-state index in [0.29, 0.717) is 0 Å². The molecule has 0 N–H and O–H groups in total. The highest BCUT2D eigenvalue weighted by molar-refractivity contribution is 6.19. The summed E-state index contributed by atoms with van der Waals surface area (Å²) in [5.41, 5.74) is 6.29. The first-order chi connectivity index (χ1) is 10.7. The highest BCUT2D eigenvalue weighted by Gasteiger charge is 2.00. The summed E-state index contributed by atoms with van der Waals surface area (Å²) in [7, 11) is 0. The van der Waals surface area contributed by atoms with Crippen LogP contribution in [-0.4, -0.2) is 11.4 Å². The van der Waals surface area contributed by atoms with Gasteiger partial charge in [0.1, 0.15) is 0 Å². The molecule has 0 heterocycles. The molecule has 0 atom stereocenters. The predicted molar refractivity (Wildman–Crippen MR) is 94.8 cm³/mol. The lowest BCUT2D eigenvalue weighted by Crippen LogP contribution is -1.99. The molecule has 0 spiro atoms. The maximum atomic E-state index is 4.60. The van der Waals surface area contributed by atoms with Crippen molar-refractivity contribution in [2.45, 2.75) is 13.8 Å². The van der Waals surface area contributed by atoms with Crippen LogP contribution in [0.2, 0.25) is 0 Å². The summed E-state index contributed by atoms with van der Waals surface area (Å²) in [4.78, 5) is 9.20. The smallest absolute Gasteiger partial charge is 0.0638 e. The van der Waals surface area contributed by atoms with Gasteiger partial charge >= 0.3 is 0 Å². The zero-order chi connectivity index (χ0) is 15.4. The Morgan fingerprint density at radius 3 is 1.14 bits per heavy atom. The molecule has 2 aromatic rings. The van der Waals surface area contributed by atoms with Crippen molar-refractivity contribution >= 4 is 22.8 Å². The maximum absolute atomic E-state index is 4.60. The molecular formula is C20H18N2. The second-order valence-electron chi connectivity index (χ2n) is 5.41. The number of hydrogen-bond acceptors (Lipinski definition) is 2. The van der Waals surface area contributed by atoms with E-state index >= 15 is 0 Å². The van der Waals surface area contributed by atoms with Crippen molar-refractivity contribution in [1.29, 1.82) is 0 Å². The molecule has 2 heteroatoms. The number of aliphatic imine (C=N–C) groups is 2. The van der Waals surface area contributed by atoms with Crippen LogP contribution in [-0.2, 0) is 0 Å². The van der Waals surface area contributed by atoms with E-state index in [4.69, 9.17) is 0 Å². The highest BCUT2D eigenvalue weighted by atomic mass is 14.8. The molecule has 1 aliphatic carbocycles. The van der Waals surface area contributed by atoms with Crippen molar-refractivity contribution in [3.63, 3.8) is 0 Å². The Kier molecular flexibility index (Phi) is 4.10.